The molecule has 0 aromatic rings. The molecule has 0 heterocycles. The molecule has 98 valence electrons. The fourth-order valence-corrected chi connectivity index (χ4v) is 1.32. The molecule has 0 aromatic carbocycles. The third-order valence-electron chi connectivity index (χ3n) is 2.63. The van der Waals surface area contributed by atoms with Crippen molar-refractivity contribution < 1.29 is 14.4 Å². The summed E-state index contributed by atoms with van der Waals surface area (Å²) in [5.74, 6) is -0.0845. The van der Waals surface area contributed by atoms with Crippen molar-refractivity contribution in [2.75, 3.05) is 13.6 Å². The number of amides is 1. The maximum Gasteiger partial charge on any atom is 0.237 e. The van der Waals surface area contributed by atoms with E-state index in [0.29, 0.717) is 25.7 Å². The van der Waals surface area contributed by atoms with E-state index >= 15 is 0 Å². The van der Waals surface area contributed by atoms with Gasteiger partial charge in [0, 0.05) is 19.3 Å². The predicted molar refractivity (Wildman–Crippen MR) is 65.7 cm³/mol. The molecule has 0 radical (unpaired) electrons. The van der Waals surface area contributed by atoms with Gasteiger partial charge in [0.2, 0.25) is 5.91 Å². The fourth-order valence-electron chi connectivity index (χ4n) is 1.32. The molecule has 0 aliphatic carbocycles. The largest absolute Gasteiger partial charge is 0.348 e. The number of nitrogens with one attached hydrogen (secondary N) is 2. The summed E-state index contributed by atoms with van der Waals surface area (Å²) in [6.07, 6.45) is 1.76. The zero-order valence-electron chi connectivity index (χ0n) is 10.8. The number of carbonyl (C=O) groups is 3. The highest BCUT2D eigenvalue weighted by molar-refractivity contribution is 5.88. The summed E-state index contributed by atoms with van der Waals surface area (Å²) in [7, 11) is 1.67. The van der Waals surface area contributed by atoms with Crippen LogP contribution in [0.4, 0.5) is 0 Å². The van der Waals surface area contributed by atoms with E-state index in [4.69, 9.17) is 0 Å². The third kappa shape index (κ3) is 6.84. The lowest BCUT2D eigenvalue weighted by molar-refractivity contribution is -0.126. The molecule has 1 amide bonds. The van der Waals surface area contributed by atoms with E-state index in [1.165, 1.54) is 0 Å². The normalized spacial score (nSPS) is 11.9. The maximum atomic E-state index is 11.7. The Morgan fingerprint density at radius 2 is 1.65 bits per heavy atom. The van der Waals surface area contributed by atoms with Gasteiger partial charge in [0.1, 0.15) is 5.78 Å². The Hall–Kier alpha value is -1.23. The Morgan fingerprint density at radius 3 is 2.12 bits per heavy atom. The van der Waals surface area contributed by atoms with Crippen LogP contribution in [0.3, 0.4) is 0 Å². The summed E-state index contributed by atoms with van der Waals surface area (Å²) >= 11 is 0. The number of ketones is 2. The summed E-state index contributed by atoms with van der Waals surface area (Å²) in [6.45, 7) is 3.62. The van der Waals surface area contributed by atoms with Crippen LogP contribution >= 0.6 is 0 Å². The van der Waals surface area contributed by atoms with Gasteiger partial charge in [-0.1, -0.05) is 13.8 Å². The average molecular weight is 242 g/mol. The number of hydrogen-bond acceptors (Lipinski definition) is 4. The highest BCUT2D eigenvalue weighted by Gasteiger charge is 2.17. The SMILES string of the molecule is CCC(=O)CCC(NC)C(=O)NCC(=O)CC. The van der Waals surface area contributed by atoms with E-state index in [1.807, 2.05) is 0 Å². The Kier molecular flexibility index (Phi) is 8.23. The Bertz CT molecular complexity index is 277. The van der Waals surface area contributed by atoms with Gasteiger partial charge in [0.25, 0.3) is 0 Å². The van der Waals surface area contributed by atoms with Crippen LogP contribution in [-0.2, 0) is 14.4 Å². The lowest BCUT2D eigenvalue weighted by atomic mass is 10.1. The van der Waals surface area contributed by atoms with Gasteiger partial charge in [-0.05, 0) is 13.5 Å². The highest BCUT2D eigenvalue weighted by Crippen LogP contribution is 2.00. The Labute approximate surface area is 102 Å². The average Bonchev–Trinajstić information content (AvgIpc) is 2.35. The van der Waals surface area contributed by atoms with E-state index in [2.05, 4.69) is 10.6 Å². The molecule has 0 saturated heterocycles. The van der Waals surface area contributed by atoms with E-state index in [-0.39, 0.29) is 24.0 Å². The first kappa shape index (κ1) is 15.8. The lowest BCUT2D eigenvalue weighted by Crippen LogP contribution is -2.44. The Morgan fingerprint density at radius 1 is 1.06 bits per heavy atom. The van der Waals surface area contributed by atoms with Crippen LogP contribution in [0.15, 0.2) is 0 Å². The summed E-state index contributed by atoms with van der Waals surface area (Å²) in [5.41, 5.74) is 0. The first-order valence-electron chi connectivity index (χ1n) is 6.03. The molecule has 1 atom stereocenters. The molecular weight excluding hydrogens is 220 g/mol. The van der Waals surface area contributed by atoms with Crippen LogP contribution in [0, 0.1) is 0 Å². The van der Waals surface area contributed by atoms with Crippen LogP contribution in [0.2, 0.25) is 0 Å². The van der Waals surface area contributed by atoms with Crippen LogP contribution < -0.4 is 10.6 Å². The van der Waals surface area contributed by atoms with Gasteiger partial charge >= 0.3 is 0 Å². The molecule has 0 spiro atoms. The third-order valence-corrected chi connectivity index (χ3v) is 2.63. The molecule has 17 heavy (non-hydrogen) atoms. The molecule has 5 heteroatoms. The monoisotopic (exact) mass is 242 g/mol. The Balaban J connectivity index is 4.03. The molecule has 0 saturated carbocycles. The number of likely N-dealkylation sites (N-methyl/N-ethyl adjacent to an activating group) is 1. The van der Waals surface area contributed by atoms with Crippen molar-refractivity contribution in [3.05, 3.63) is 0 Å². The molecular formula is C12H22N2O3. The van der Waals surface area contributed by atoms with Crippen LogP contribution in [-0.4, -0.2) is 37.1 Å². The molecule has 2 N–H and O–H groups in total. The van der Waals surface area contributed by atoms with Crippen molar-refractivity contribution in [2.45, 2.75) is 45.6 Å². The van der Waals surface area contributed by atoms with Crippen molar-refractivity contribution >= 4 is 17.5 Å². The molecule has 0 aliphatic rings. The lowest BCUT2D eigenvalue weighted by Gasteiger charge is -2.15. The molecule has 5 nitrogen and oxygen atoms in total. The molecule has 0 fully saturated rings. The minimum Gasteiger partial charge on any atom is -0.348 e. The summed E-state index contributed by atoms with van der Waals surface area (Å²) in [6, 6.07) is -0.407. The van der Waals surface area contributed by atoms with Gasteiger partial charge in [-0.3, -0.25) is 14.4 Å². The van der Waals surface area contributed by atoms with Gasteiger partial charge in [-0.15, -0.1) is 0 Å². The molecule has 0 bridgehead atoms. The van der Waals surface area contributed by atoms with Crippen LogP contribution in [0.1, 0.15) is 39.5 Å². The van der Waals surface area contributed by atoms with E-state index in [0.717, 1.165) is 0 Å². The quantitative estimate of drug-likeness (QED) is 0.615. The molecule has 0 aromatic heterocycles. The highest BCUT2D eigenvalue weighted by atomic mass is 16.2. The van der Waals surface area contributed by atoms with E-state index < -0.39 is 6.04 Å². The predicted octanol–water partition coefficient (Wildman–Crippen LogP) is 0.429. The summed E-state index contributed by atoms with van der Waals surface area (Å²) < 4.78 is 0. The minimum absolute atomic E-state index is 0.00200. The van der Waals surface area contributed by atoms with Crippen molar-refractivity contribution in [1.29, 1.82) is 0 Å². The summed E-state index contributed by atoms with van der Waals surface area (Å²) in [5, 5.41) is 5.41. The second kappa shape index (κ2) is 8.87. The number of hydrogen-bond donors (Lipinski definition) is 2. The smallest absolute Gasteiger partial charge is 0.237 e. The van der Waals surface area contributed by atoms with E-state index in [9.17, 15) is 14.4 Å². The van der Waals surface area contributed by atoms with Gasteiger partial charge in [-0.25, -0.2) is 0 Å². The van der Waals surface area contributed by atoms with Crippen molar-refractivity contribution in [3.63, 3.8) is 0 Å². The zero-order chi connectivity index (χ0) is 13.3. The van der Waals surface area contributed by atoms with Crippen LogP contribution in [0.25, 0.3) is 0 Å². The van der Waals surface area contributed by atoms with Gasteiger partial charge in [0.15, 0.2) is 5.78 Å². The second-order valence-corrected chi connectivity index (χ2v) is 3.88. The standard InChI is InChI=1S/C12H22N2O3/c1-4-9(15)6-7-11(13-3)12(17)14-8-10(16)5-2/h11,13H,4-8H2,1-3H3,(H,14,17). The second-order valence-electron chi connectivity index (χ2n) is 3.88. The molecule has 0 rings (SSSR count). The number of rotatable bonds is 9. The number of Topliss-reactive ketones (excluding diaryl/α,β-unsaturated/α-hetero) is 2. The molecule has 1 unspecified atom stereocenters. The zero-order valence-corrected chi connectivity index (χ0v) is 10.8. The maximum absolute atomic E-state index is 11.7. The van der Waals surface area contributed by atoms with E-state index in [1.54, 1.807) is 20.9 Å². The van der Waals surface area contributed by atoms with Crippen molar-refractivity contribution in [2.24, 2.45) is 0 Å². The van der Waals surface area contributed by atoms with Gasteiger partial charge < -0.3 is 10.6 Å². The van der Waals surface area contributed by atoms with Gasteiger partial charge in [0.05, 0.1) is 12.6 Å². The topological polar surface area (TPSA) is 75.3 Å². The first-order chi connectivity index (χ1) is 8.04. The van der Waals surface area contributed by atoms with Crippen LogP contribution in [0.5, 0.6) is 0 Å². The van der Waals surface area contributed by atoms with Crippen molar-refractivity contribution in [1.82, 2.24) is 10.6 Å². The minimum atomic E-state index is -0.407. The fraction of sp³-hybridized carbons (Fsp3) is 0.750. The number of carbonyl (C=O) groups excluding carboxylic acids is 3. The first-order valence-corrected chi connectivity index (χ1v) is 6.03. The summed E-state index contributed by atoms with van der Waals surface area (Å²) in [4.78, 5) is 33.9. The molecule has 0 aliphatic heterocycles. The van der Waals surface area contributed by atoms with Gasteiger partial charge in [-0.2, -0.15) is 0 Å². The van der Waals surface area contributed by atoms with Crippen molar-refractivity contribution in [3.8, 4) is 0 Å².